The molecule has 0 spiro atoms. The number of piperidine rings is 1. The monoisotopic (exact) mass is 377 g/mol. The van der Waals surface area contributed by atoms with Gasteiger partial charge in [-0.3, -0.25) is 0 Å². The minimum absolute atomic E-state index is 0.00698. The summed E-state index contributed by atoms with van der Waals surface area (Å²) in [7, 11) is 0. The van der Waals surface area contributed by atoms with Gasteiger partial charge in [0.1, 0.15) is 5.60 Å². The maximum Gasteiger partial charge on any atom is 0.410 e. The molecule has 1 saturated carbocycles. The number of nitrogens with zero attached hydrogens (tertiary/aromatic N) is 1. The van der Waals surface area contributed by atoms with Crippen LogP contribution >= 0.6 is 0 Å². The van der Waals surface area contributed by atoms with Gasteiger partial charge in [0.15, 0.2) is 0 Å². The molecule has 0 radical (unpaired) electrons. The minimum atomic E-state index is -0.476. The van der Waals surface area contributed by atoms with E-state index >= 15 is 0 Å². The van der Waals surface area contributed by atoms with Crippen LogP contribution in [-0.4, -0.2) is 42.4 Å². The molecule has 0 aromatic carbocycles. The van der Waals surface area contributed by atoms with Crippen molar-refractivity contribution in [3.8, 4) is 0 Å². The van der Waals surface area contributed by atoms with Gasteiger partial charge in [0.25, 0.3) is 0 Å². The predicted octanol–water partition coefficient (Wildman–Crippen LogP) is 5.36. The third-order valence-electron chi connectivity index (χ3n) is 5.76. The molecule has 3 rings (SSSR count). The maximum atomic E-state index is 12.5. The molecule has 5 nitrogen and oxygen atoms in total. The Morgan fingerprint density at radius 1 is 1.22 bits per heavy atom. The largest absolute Gasteiger partial charge is 0.472 e. The molecular weight excluding hydrogens is 342 g/mol. The molecule has 2 fully saturated rings. The fourth-order valence-electron chi connectivity index (χ4n) is 4.31. The lowest BCUT2D eigenvalue weighted by Gasteiger charge is -2.38. The normalized spacial score (nSPS) is 24.8. The Balaban J connectivity index is 1.58. The summed E-state index contributed by atoms with van der Waals surface area (Å²) >= 11 is 0. The standard InChI is InChI=1S/C22H35NO4/c1-22(2,3)27-21(24)23-12-9-19(18-11-13-25-16-18)20(15-23)26-14-10-17-7-5-4-6-8-17/h11,13,16-17,19-20H,4-10,12,14-15H2,1-3H3/t19-,20+/m1/s1. The number of carbonyl (C=O) groups is 1. The molecule has 152 valence electrons. The van der Waals surface area contributed by atoms with Crippen molar-refractivity contribution in [1.82, 2.24) is 4.90 Å². The molecule has 1 aliphatic heterocycles. The Kier molecular flexibility index (Phi) is 6.85. The fourth-order valence-corrected chi connectivity index (χ4v) is 4.31. The summed E-state index contributed by atoms with van der Waals surface area (Å²) in [5.74, 6) is 1.07. The van der Waals surface area contributed by atoms with Crippen LogP contribution in [-0.2, 0) is 9.47 Å². The highest BCUT2D eigenvalue weighted by atomic mass is 16.6. The number of ether oxygens (including phenoxy) is 2. The van der Waals surface area contributed by atoms with Gasteiger partial charge in [-0.25, -0.2) is 4.79 Å². The summed E-state index contributed by atoms with van der Waals surface area (Å²) in [5, 5.41) is 0. The molecular formula is C22H35NO4. The van der Waals surface area contributed by atoms with Gasteiger partial charge in [0.2, 0.25) is 0 Å². The van der Waals surface area contributed by atoms with Crippen LogP contribution in [0.1, 0.15) is 77.2 Å². The molecule has 2 atom stereocenters. The highest BCUT2D eigenvalue weighted by molar-refractivity contribution is 5.68. The third kappa shape index (κ3) is 6.00. The molecule has 1 saturated heterocycles. The van der Waals surface area contributed by atoms with Crippen molar-refractivity contribution in [2.45, 2.75) is 83.3 Å². The maximum absolute atomic E-state index is 12.5. The summed E-state index contributed by atoms with van der Waals surface area (Å²) in [5.41, 5.74) is 0.692. The van der Waals surface area contributed by atoms with E-state index < -0.39 is 5.60 Å². The fraction of sp³-hybridized carbons (Fsp3) is 0.773. The van der Waals surface area contributed by atoms with Crippen LogP contribution in [0.3, 0.4) is 0 Å². The zero-order valence-electron chi connectivity index (χ0n) is 17.1. The van der Waals surface area contributed by atoms with E-state index in [0.717, 1.165) is 25.4 Å². The van der Waals surface area contributed by atoms with Crippen molar-refractivity contribution in [2.24, 2.45) is 5.92 Å². The molecule has 2 aliphatic rings. The molecule has 0 bridgehead atoms. The summed E-state index contributed by atoms with van der Waals surface area (Å²) in [6.45, 7) is 7.75. The second kappa shape index (κ2) is 9.13. The van der Waals surface area contributed by atoms with E-state index in [-0.39, 0.29) is 18.1 Å². The van der Waals surface area contributed by atoms with Gasteiger partial charge in [0, 0.05) is 19.1 Å². The third-order valence-corrected chi connectivity index (χ3v) is 5.76. The smallest absolute Gasteiger partial charge is 0.410 e. The molecule has 0 unspecified atom stereocenters. The molecule has 0 N–H and O–H groups in total. The highest BCUT2D eigenvalue weighted by Crippen LogP contribution is 2.32. The van der Waals surface area contributed by atoms with Crippen LogP contribution in [0.2, 0.25) is 0 Å². The number of carbonyl (C=O) groups excluding carboxylic acids is 1. The Labute approximate surface area is 163 Å². The van der Waals surface area contributed by atoms with E-state index in [4.69, 9.17) is 13.9 Å². The molecule has 1 aromatic rings. The number of hydrogen-bond donors (Lipinski definition) is 0. The molecule has 1 aliphatic carbocycles. The van der Waals surface area contributed by atoms with Crippen molar-refractivity contribution in [3.63, 3.8) is 0 Å². The second-order valence-corrected chi connectivity index (χ2v) is 9.08. The first-order chi connectivity index (χ1) is 12.9. The number of likely N-dealkylation sites (tertiary alicyclic amines) is 1. The summed E-state index contributed by atoms with van der Waals surface area (Å²) in [6.07, 6.45) is 12.0. The highest BCUT2D eigenvalue weighted by Gasteiger charge is 2.35. The van der Waals surface area contributed by atoms with Crippen LogP contribution in [0, 0.1) is 5.92 Å². The first kappa shape index (κ1) is 20.2. The van der Waals surface area contributed by atoms with Gasteiger partial charge in [-0.1, -0.05) is 32.1 Å². The number of furan rings is 1. The van der Waals surface area contributed by atoms with Crippen molar-refractivity contribution in [2.75, 3.05) is 19.7 Å². The van der Waals surface area contributed by atoms with Crippen molar-refractivity contribution in [1.29, 1.82) is 0 Å². The number of hydrogen-bond acceptors (Lipinski definition) is 4. The van der Waals surface area contributed by atoms with Gasteiger partial charge in [-0.05, 0) is 51.2 Å². The first-order valence-electron chi connectivity index (χ1n) is 10.5. The Morgan fingerprint density at radius 3 is 2.67 bits per heavy atom. The second-order valence-electron chi connectivity index (χ2n) is 9.08. The zero-order chi connectivity index (χ0) is 19.3. The average Bonchev–Trinajstić information content (AvgIpc) is 3.15. The zero-order valence-corrected chi connectivity index (χ0v) is 17.1. The molecule has 27 heavy (non-hydrogen) atoms. The number of amides is 1. The quantitative estimate of drug-likeness (QED) is 0.693. The Bertz CT molecular complexity index is 572. The van der Waals surface area contributed by atoms with Crippen LogP contribution in [0.15, 0.2) is 23.0 Å². The molecule has 2 heterocycles. The lowest BCUT2D eigenvalue weighted by molar-refractivity contribution is -0.0335. The van der Waals surface area contributed by atoms with Gasteiger partial charge in [-0.15, -0.1) is 0 Å². The van der Waals surface area contributed by atoms with Gasteiger partial charge < -0.3 is 18.8 Å². The average molecular weight is 378 g/mol. The van der Waals surface area contributed by atoms with E-state index in [1.165, 1.54) is 37.7 Å². The van der Waals surface area contributed by atoms with Crippen molar-refractivity contribution in [3.05, 3.63) is 24.2 Å². The van der Waals surface area contributed by atoms with Crippen LogP contribution in [0.25, 0.3) is 0 Å². The van der Waals surface area contributed by atoms with Gasteiger partial charge in [0.05, 0.1) is 25.2 Å². The van der Waals surface area contributed by atoms with E-state index in [1.54, 1.807) is 11.2 Å². The minimum Gasteiger partial charge on any atom is -0.472 e. The Hall–Kier alpha value is -1.49. The van der Waals surface area contributed by atoms with E-state index in [1.807, 2.05) is 33.1 Å². The van der Waals surface area contributed by atoms with Crippen LogP contribution in [0.5, 0.6) is 0 Å². The first-order valence-corrected chi connectivity index (χ1v) is 10.5. The molecule has 1 amide bonds. The number of rotatable bonds is 5. The van der Waals surface area contributed by atoms with E-state index in [2.05, 4.69) is 0 Å². The lowest BCUT2D eigenvalue weighted by Crippen LogP contribution is -2.48. The SMILES string of the molecule is CC(C)(C)OC(=O)N1CC[C@H](c2ccoc2)[C@@H](OCCC2CCCCC2)C1. The van der Waals surface area contributed by atoms with Gasteiger partial charge >= 0.3 is 6.09 Å². The van der Waals surface area contributed by atoms with Crippen molar-refractivity contribution >= 4 is 6.09 Å². The van der Waals surface area contributed by atoms with E-state index in [0.29, 0.717) is 13.1 Å². The summed E-state index contributed by atoms with van der Waals surface area (Å²) in [4.78, 5) is 14.3. The lowest BCUT2D eigenvalue weighted by atomic mass is 9.87. The van der Waals surface area contributed by atoms with E-state index in [9.17, 15) is 4.79 Å². The predicted molar refractivity (Wildman–Crippen MR) is 105 cm³/mol. The molecule has 5 heteroatoms. The van der Waals surface area contributed by atoms with Crippen LogP contribution in [0.4, 0.5) is 4.79 Å². The van der Waals surface area contributed by atoms with Crippen molar-refractivity contribution < 1.29 is 18.7 Å². The molecule has 1 aromatic heterocycles. The van der Waals surface area contributed by atoms with Crippen LogP contribution < -0.4 is 0 Å². The van der Waals surface area contributed by atoms with Gasteiger partial charge in [-0.2, -0.15) is 0 Å². The summed E-state index contributed by atoms with van der Waals surface area (Å²) in [6, 6.07) is 2.02. The summed E-state index contributed by atoms with van der Waals surface area (Å²) < 4.78 is 17.2. The Morgan fingerprint density at radius 2 is 2.00 bits per heavy atom. The topological polar surface area (TPSA) is 51.9 Å².